The number of nitrogens with two attached hydrogens (primary N) is 1. The van der Waals surface area contributed by atoms with Crippen LogP contribution in [0.5, 0.6) is 0 Å². The molecule has 2 N–H and O–H groups in total. The SMILES string of the molecule is NC1(c2ccc(Cl)c(Cl)c2)CCCCc2ccccc21. The van der Waals surface area contributed by atoms with Crippen molar-refractivity contribution < 1.29 is 0 Å². The number of aryl methyl sites for hydroxylation is 1. The fraction of sp³-hybridized carbons (Fsp3) is 0.294. The highest BCUT2D eigenvalue weighted by Gasteiger charge is 2.33. The molecule has 0 saturated carbocycles. The van der Waals surface area contributed by atoms with Crippen LogP contribution in [0.3, 0.4) is 0 Å². The van der Waals surface area contributed by atoms with Gasteiger partial charge in [0.1, 0.15) is 0 Å². The maximum atomic E-state index is 6.81. The van der Waals surface area contributed by atoms with E-state index >= 15 is 0 Å². The summed E-state index contributed by atoms with van der Waals surface area (Å²) in [4.78, 5) is 0. The van der Waals surface area contributed by atoms with Crippen LogP contribution >= 0.6 is 23.2 Å². The molecule has 104 valence electrons. The number of fused-ring (bicyclic) bond motifs is 1. The molecule has 0 saturated heterocycles. The van der Waals surface area contributed by atoms with Gasteiger partial charge in [0.05, 0.1) is 15.6 Å². The molecule has 0 spiro atoms. The molecule has 3 heteroatoms. The Labute approximate surface area is 129 Å². The first-order valence-corrected chi connectivity index (χ1v) is 7.70. The standard InChI is InChI=1S/C17H17Cl2N/c18-15-9-8-13(11-16(15)19)17(20)10-4-3-6-12-5-1-2-7-14(12)17/h1-2,5,7-9,11H,3-4,6,10,20H2. The molecule has 1 nitrogen and oxygen atoms in total. The monoisotopic (exact) mass is 305 g/mol. The van der Waals surface area contributed by atoms with Gasteiger partial charge in [-0.05, 0) is 48.1 Å². The highest BCUT2D eigenvalue weighted by molar-refractivity contribution is 6.42. The summed E-state index contributed by atoms with van der Waals surface area (Å²) < 4.78 is 0. The number of halogens is 2. The third-order valence-corrected chi connectivity index (χ3v) is 4.94. The van der Waals surface area contributed by atoms with E-state index in [0.29, 0.717) is 10.0 Å². The lowest BCUT2D eigenvalue weighted by Crippen LogP contribution is -2.38. The van der Waals surface area contributed by atoms with Crippen molar-refractivity contribution in [1.82, 2.24) is 0 Å². The van der Waals surface area contributed by atoms with Gasteiger partial charge < -0.3 is 5.73 Å². The quantitative estimate of drug-likeness (QED) is 0.743. The van der Waals surface area contributed by atoms with Crippen LogP contribution in [-0.4, -0.2) is 0 Å². The number of rotatable bonds is 1. The van der Waals surface area contributed by atoms with Gasteiger partial charge >= 0.3 is 0 Å². The Hall–Kier alpha value is -1.02. The summed E-state index contributed by atoms with van der Waals surface area (Å²) in [5.74, 6) is 0. The van der Waals surface area contributed by atoms with Crippen molar-refractivity contribution in [2.75, 3.05) is 0 Å². The Kier molecular flexibility index (Phi) is 3.76. The van der Waals surface area contributed by atoms with E-state index < -0.39 is 5.54 Å². The third-order valence-electron chi connectivity index (χ3n) is 4.20. The molecule has 1 aliphatic carbocycles. The molecule has 0 heterocycles. The van der Waals surface area contributed by atoms with Crippen molar-refractivity contribution in [3.63, 3.8) is 0 Å². The molecule has 2 aromatic rings. The van der Waals surface area contributed by atoms with Crippen LogP contribution in [0, 0.1) is 0 Å². The topological polar surface area (TPSA) is 26.0 Å². The second kappa shape index (κ2) is 5.40. The summed E-state index contributed by atoms with van der Waals surface area (Å²) >= 11 is 12.2. The zero-order chi connectivity index (χ0) is 14.2. The van der Waals surface area contributed by atoms with Crippen LogP contribution in [0.1, 0.15) is 36.0 Å². The Morgan fingerprint density at radius 3 is 2.55 bits per heavy atom. The zero-order valence-corrected chi connectivity index (χ0v) is 12.7. The highest BCUT2D eigenvalue weighted by atomic mass is 35.5. The van der Waals surface area contributed by atoms with E-state index in [1.165, 1.54) is 17.5 Å². The summed E-state index contributed by atoms with van der Waals surface area (Å²) in [6.45, 7) is 0. The van der Waals surface area contributed by atoms with Crippen molar-refractivity contribution in [3.8, 4) is 0 Å². The van der Waals surface area contributed by atoms with Crippen LogP contribution < -0.4 is 5.73 Å². The summed E-state index contributed by atoms with van der Waals surface area (Å²) in [5, 5.41) is 1.14. The summed E-state index contributed by atoms with van der Waals surface area (Å²) in [7, 11) is 0. The molecule has 0 aromatic heterocycles. The normalized spacial score (nSPS) is 22.1. The predicted octanol–water partition coefficient (Wildman–Crippen LogP) is 4.92. The van der Waals surface area contributed by atoms with Crippen molar-refractivity contribution in [2.24, 2.45) is 5.73 Å². The lowest BCUT2D eigenvalue weighted by Gasteiger charge is -2.31. The minimum atomic E-state index is -0.471. The Balaban J connectivity index is 2.17. The molecule has 1 atom stereocenters. The molecule has 1 unspecified atom stereocenters. The van der Waals surface area contributed by atoms with Gasteiger partial charge in [-0.2, -0.15) is 0 Å². The molecular formula is C17H17Cl2N. The first-order chi connectivity index (χ1) is 9.61. The number of hydrogen-bond donors (Lipinski definition) is 1. The van der Waals surface area contributed by atoms with Crippen LogP contribution in [0.25, 0.3) is 0 Å². The van der Waals surface area contributed by atoms with E-state index in [9.17, 15) is 0 Å². The van der Waals surface area contributed by atoms with E-state index in [-0.39, 0.29) is 0 Å². The fourth-order valence-corrected chi connectivity index (χ4v) is 3.40. The lowest BCUT2D eigenvalue weighted by molar-refractivity contribution is 0.480. The maximum absolute atomic E-state index is 6.81. The molecule has 0 amide bonds. The number of hydrogen-bond acceptors (Lipinski definition) is 1. The van der Waals surface area contributed by atoms with Crippen LogP contribution in [-0.2, 0) is 12.0 Å². The Morgan fingerprint density at radius 2 is 1.75 bits per heavy atom. The van der Waals surface area contributed by atoms with E-state index in [1.807, 2.05) is 18.2 Å². The maximum Gasteiger partial charge on any atom is 0.0668 e. The van der Waals surface area contributed by atoms with Crippen LogP contribution in [0.4, 0.5) is 0 Å². The minimum Gasteiger partial charge on any atom is -0.318 e. The van der Waals surface area contributed by atoms with E-state index in [2.05, 4.69) is 24.3 Å². The van der Waals surface area contributed by atoms with E-state index in [0.717, 1.165) is 24.8 Å². The van der Waals surface area contributed by atoms with Crippen LogP contribution in [0.15, 0.2) is 42.5 Å². The molecular weight excluding hydrogens is 289 g/mol. The van der Waals surface area contributed by atoms with Gasteiger partial charge in [-0.15, -0.1) is 0 Å². The molecule has 3 rings (SSSR count). The molecule has 0 fully saturated rings. The largest absolute Gasteiger partial charge is 0.318 e. The predicted molar refractivity (Wildman–Crippen MR) is 85.4 cm³/mol. The van der Waals surface area contributed by atoms with Crippen molar-refractivity contribution >= 4 is 23.2 Å². The Bertz CT molecular complexity index is 639. The smallest absolute Gasteiger partial charge is 0.0668 e. The van der Waals surface area contributed by atoms with Crippen molar-refractivity contribution in [2.45, 2.75) is 31.2 Å². The van der Waals surface area contributed by atoms with Gasteiger partial charge in [0, 0.05) is 0 Å². The van der Waals surface area contributed by atoms with Gasteiger partial charge in [-0.3, -0.25) is 0 Å². The zero-order valence-electron chi connectivity index (χ0n) is 11.2. The fourth-order valence-electron chi connectivity index (χ4n) is 3.10. The summed E-state index contributed by atoms with van der Waals surface area (Å²) in [6, 6.07) is 14.2. The molecule has 1 aliphatic rings. The Morgan fingerprint density at radius 1 is 0.950 bits per heavy atom. The average Bonchev–Trinajstić information content (AvgIpc) is 2.63. The first kappa shape index (κ1) is 13.9. The van der Waals surface area contributed by atoms with E-state index in [1.54, 1.807) is 0 Å². The summed E-state index contributed by atoms with van der Waals surface area (Å²) in [5.41, 5.74) is 9.95. The van der Waals surface area contributed by atoms with Crippen molar-refractivity contribution in [3.05, 3.63) is 69.2 Å². The minimum absolute atomic E-state index is 0.471. The van der Waals surface area contributed by atoms with Gasteiger partial charge in [0.15, 0.2) is 0 Å². The molecule has 0 aliphatic heterocycles. The molecule has 2 aromatic carbocycles. The van der Waals surface area contributed by atoms with Gasteiger partial charge in [-0.25, -0.2) is 0 Å². The highest BCUT2D eigenvalue weighted by Crippen LogP contribution is 2.39. The second-order valence-electron chi connectivity index (χ2n) is 5.46. The molecule has 0 radical (unpaired) electrons. The lowest BCUT2D eigenvalue weighted by atomic mass is 9.79. The van der Waals surface area contributed by atoms with Crippen LogP contribution in [0.2, 0.25) is 10.0 Å². The second-order valence-corrected chi connectivity index (χ2v) is 6.28. The van der Waals surface area contributed by atoms with Gasteiger partial charge in [0.2, 0.25) is 0 Å². The van der Waals surface area contributed by atoms with Gasteiger partial charge in [0.25, 0.3) is 0 Å². The first-order valence-electron chi connectivity index (χ1n) is 6.94. The number of benzene rings is 2. The third kappa shape index (κ3) is 2.35. The average molecular weight is 306 g/mol. The molecule has 0 bridgehead atoms. The van der Waals surface area contributed by atoms with E-state index in [4.69, 9.17) is 28.9 Å². The van der Waals surface area contributed by atoms with Crippen molar-refractivity contribution in [1.29, 1.82) is 0 Å². The summed E-state index contributed by atoms with van der Waals surface area (Å²) in [6.07, 6.45) is 4.32. The molecule has 20 heavy (non-hydrogen) atoms. The van der Waals surface area contributed by atoms with Gasteiger partial charge in [-0.1, -0.05) is 60.0 Å².